The Kier molecular flexibility index (Phi) is 6.41. The Balaban J connectivity index is 2.62. The van der Waals surface area contributed by atoms with E-state index in [4.69, 9.17) is 14.9 Å². The molecular weight excluding hydrogens is 253 g/mol. The molecule has 106 valence electrons. The second kappa shape index (κ2) is 7.83. The second-order valence-electron chi connectivity index (χ2n) is 4.16. The molecule has 0 aromatic heterocycles. The molecule has 0 aliphatic rings. The molecule has 1 atom stereocenters. The van der Waals surface area contributed by atoms with Crippen molar-refractivity contribution in [2.24, 2.45) is 0 Å². The van der Waals surface area contributed by atoms with Gasteiger partial charge in [0.25, 0.3) is 0 Å². The van der Waals surface area contributed by atoms with Crippen LogP contribution in [-0.2, 0) is 11.3 Å². The third kappa shape index (κ3) is 4.94. The van der Waals surface area contributed by atoms with Crippen LogP contribution in [0.5, 0.6) is 0 Å². The highest BCUT2D eigenvalue weighted by Gasteiger charge is 2.11. The molecule has 6 heteroatoms. The fourth-order valence-corrected chi connectivity index (χ4v) is 1.71. The van der Waals surface area contributed by atoms with Gasteiger partial charge in [0.15, 0.2) is 0 Å². The molecule has 0 aliphatic carbocycles. The number of benzene rings is 1. The Hall–Kier alpha value is -1.50. The number of rotatable bonds is 8. The number of methoxy groups -OCH3 is 1. The van der Waals surface area contributed by atoms with E-state index in [1.54, 1.807) is 13.2 Å². The third-order valence-corrected chi connectivity index (χ3v) is 2.70. The van der Waals surface area contributed by atoms with Gasteiger partial charge in [-0.05, 0) is 24.1 Å². The van der Waals surface area contributed by atoms with Gasteiger partial charge in [-0.15, -0.1) is 0 Å². The summed E-state index contributed by atoms with van der Waals surface area (Å²) in [4.78, 5) is 10.7. The van der Waals surface area contributed by atoms with Crippen LogP contribution in [-0.4, -0.2) is 42.5 Å². The van der Waals surface area contributed by atoms with Gasteiger partial charge in [-0.3, -0.25) is 0 Å². The summed E-state index contributed by atoms with van der Waals surface area (Å²) in [5, 5.41) is 20.7. The Labute approximate surface area is 111 Å². The Morgan fingerprint density at radius 2 is 2.26 bits per heavy atom. The molecule has 1 aromatic carbocycles. The molecule has 1 unspecified atom stereocenters. The first-order valence-corrected chi connectivity index (χ1v) is 5.93. The van der Waals surface area contributed by atoms with E-state index in [1.165, 1.54) is 12.1 Å². The minimum Gasteiger partial charge on any atom is -0.478 e. The molecule has 3 N–H and O–H groups in total. The molecule has 0 spiro atoms. The number of aromatic carboxylic acids is 1. The zero-order valence-electron chi connectivity index (χ0n) is 10.7. The summed E-state index contributed by atoms with van der Waals surface area (Å²) in [6.45, 7) is 0.856. The zero-order chi connectivity index (χ0) is 14.3. The predicted octanol–water partition coefficient (Wildman–Crippen LogP) is 1.01. The molecule has 0 fully saturated rings. The first kappa shape index (κ1) is 15.6. The second-order valence-corrected chi connectivity index (χ2v) is 4.16. The normalized spacial score (nSPS) is 12.4. The van der Waals surface area contributed by atoms with E-state index < -0.39 is 11.8 Å². The van der Waals surface area contributed by atoms with E-state index in [9.17, 15) is 9.18 Å². The summed E-state index contributed by atoms with van der Waals surface area (Å²) in [5.74, 6) is -2.04. The van der Waals surface area contributed by atoms with Gasteiger partial charge in [-0.2, -0.15) is 0 Å². The lowest BCUT2D eigenvalue weighted by Gasteiger charge is -2.16. The zero-order valence-corrected chi connectivity index (χ0v) is 10.7. The van der Waals surface area contributed by atoms with Crippen molar-refractivity contribution in [3.63, 3.8) is 0 Å². The minimum absolute atomic E-state index is 0.0304. The molecule has 0 radical (unpaired) electrons. The molecule has 0 amide bonds. The summed E-state index contributed by atoms with van der Waals surface area (Å²) in [6.07, 6.45) is 0.531. The molecule has 19 heavy (non-hydrogen) atoms. The first-order chi connectivity index (χ1) is 9.08. The van der Waals surface area contributed by atoms with Gasteiger partial charge in [0, 0.05) is 26.3 Å². The van der Waals surface area contributed by atoms with Crippen molar-refractivity contribution in [2.75, 3.05) is 20.3 Å². The SMILES string of the molecule is COCC(CCO)NCc1ccc(C(=O)O)c(F)c1. The van der Waals surface area contributed by atoms with Crippen molar-refractivity contribution in [1.29, 1.82) is 0 Å². The monoisotopic (exact) mass is 271 g/mol. The number of carbonyl (C=O) groups is 1. The molecule has 0 bridgehead atoms. The number of nitrogens with one attached hydrogen (secondary N) is 1. The number of aliphatic hydroxyl groups excluding tert-OH is 1. The highest BCUT2D eigenvalue weighted by Crippen LogP contribution is 2.11. The molecule has 1 aromatic rings. The summed E-state index contributed by atoms with van der Waals surface area (Å²) < 4.78 is 18.4. The number of aliphatic hydroxyl groups is 1. The van der Waals surface area contributed by atoms with E-state index in [2.05, 4.69) is 5.32 Å². The summed E-state index contributed by atoms with van der Waals surface area (Å²) in [5.41, 5.74) is 0.300. The molecule has 0 aliphatic heterocycles. The average Bonchev–Trinajstić information content (AvgIpc) is 2.36. The van der Waals surface area contributed by atoms with Crippen LogP contribution in [0.15, 0.2) is 18.2 Å². The topological polar surface area (TPSA) is 78.8 Å². The number of halogens is 1. The van der Waals surface area contributed by atoms with Crippen molar-refractivity contribution in [3.05, 3.63) is 35.1 Å². The lowest BCUT2D eigenvalue weighted by atomic mass is 10.1. The summed E-state index contributed by atoms with van der Waals surface area (Å²) in [6, 6.07) is 3.96. The predicted molar refractivity (Wildman–Crippen MR) is 67.6 cm³/mol. The first-order valence-electron chi connectivity index (χ1n) is 5.93. The Morgan fingerprint density at radius 3 is 2.79 bits per heavy atom. The quantitative estimate of drug-likeness (QED) is 0.657. The van der Waals surface area contributed by atoms with Gasteiger partial charge in [-0.1, -0.05) is 6.07 Å². The van der Waals surface area contributed by atoms with Gasteiger partial charge < -0.3 is 20.3 Å². The number of hydrogen-bond donors (Lipinski definition) is 3. The van der Waals surface area contributed by atoms with Crippen molar-refractivity contribution >= 4 is 5.97 Å². The van der Waals surface area contributed by atoms with E-state index in [0.717, 1.165) is 0 Å². The van der Waals surface area contributed by atoms with Crippen LogP contribution in [0.25, 0.3) is 0 Å². The summed E-state index contributed by atoms with van der Waals surface area (Å²) >= 11 is 0. The van der Waals surface area contributed by atoms with Crippen LogP contribution in [0.1, 0.15) is 22.3 Å². The van der Waals surface area contributed by atoms with Gasteiger partial charge in [0.1, 0.15) is 5.82 Å². The van der Waals surface area contributed by atoms with Crippen LogP contribution in [0.2, 0.25) is 0 Å². The highest BCUT2D eigenvalue weighted by molar-refractivity contribution is 5.87. The Morgan fingerprint density at radius 1 is 1.53 bits per heavy atom. The van der Waals surface area contributed by atoms with Gasteiger partial charge >= 0.3 is 5.97 Å². The molecule has 0 saturated carbocycles. The molecule has 0 heterocycles. The van der Waals surface area contributed by atoms with Gasteiger partial charge in [-0.25, -0.2) is 9.18 Å². The molecule has 0 saturated heterocycles. The molecule has 1 rings (SSSR count). The van der Waals surface area contributed by atoms with Crippen molar-refractivity contribution in [3.8, 4) is 0 Å². The maximum atomic E-state index is 13.4. The van der Waals surface area contributed by atoms with E-state index in [0.29, 0.717) is 25.1 Å². The largest absolute Gasteiger partial charge is 0.478 e. The van der Waals surface area contributed by atoms with Crippen molar-refractivity contribution in [2.45, 2.75) is 19.0 Å². The highest BCUT2D eigenvalue weighted by atomic mass is 19.1. The van der Waals surface area contributed by atoms with Crippen molar-refractivity contribution in [1.82, 2.24) is 5.32 Å². The lowest BCUT2D eigenvalue weighted by Crippen LogP contribution is -2.33. The van der Waals surface area contributed by atoms with Crippen LogP contribution in [0.4, 0.5) is 4.39 Å². The van der Waals surface area contributed by atoms with Gasteiger partial charge in [0.05, 0.1) is 12.2 Å². The van der Waals surface area contributed by atoms with Gasteiger partial charge in [0.2, 0.25) is 0 Å². The molecular formula is C13H18FNO4. The fraction of sp³-hybridized carbons (Fsp3) is 0.462. The van der Waals surface area contributed by atoms with Crippen LogP contribution >= 0.6 is 0 Å². The van der Waals surface area contributed by atoms with Crippen molar-refractivity contribution < 1.29 is 24.1 Å². The van der Waals surface area contributed by atoms with Crippen LogP contribution < -0.4 is 5.32 Å². The summed E-state index contributed by atoms with van der Waals surface area (Å²) in [7, 11) is 1.56. The maximum Gasteiger partial charge on any atom is 0.338 e. The van der Waals surface area contributed by atoms with Crippen LogP contribution in [0, 0.1) is 5.82 Å². The minimum atomic E-state index is -1.28. The smallest absolute Gasteiger partial charge is 0.338 e. The standard InChI is InChI=1S/C13H18FNO4/c1-19-8-10(4-5-16)15-7-9-2-3-11(13(17)18)12(14)6-9/h2-3,6,10,15-16H,4-5,7-8H2,1H3,(H,17,18). The molecule has 5 nitrogen and oxygen atoms in total. The number of carboxylic acids is 1. The number of carboxylic acid groups (broad SMARTS) is 1. The van der Waals surface area contributed by atoms with E-state index in [-0.39, 0.29) is 18.2 Å². The lowest BCUT2D eigenvalue weighted by molar-refractivity contribution is 0.0692. The van der Waals surface area contributed by atoms with E-state index >= 15 is 0 Å². The Bertz CT molecular complexity index is 419. The number of hydrogen-bond acceptors (Lipinski definition) is 4. The maximum absolute atomic E-state index is 13.4. The average molecular weight is 271 g/mol. The fourth-order valence-electron chi connectivity index (χ4n) is 1.71. The van der Waals surface area contributed by atoms with Crippen LogP contribution in [0.3, 0.4) is 0 Å². The number of ether oxygens (including phenoxy) is 1. The van der Waals surface area contributed by atoms with E-state index in [1.807, 2.05) is 0 Å². The third-order valence-electron chi connectivity index (χ3n) is 2.70.